The minimum absolute atomic E-state index is 0.00433. The summed E-state index contributed by atoms with van der Waals surface area (Å²) in [5.74, 6) is 0.302. The number of sulfonamides is 1. The molecule has 0 saturated carbocycles. The number of amides is 1. The highest BCUT2D eigenvalue weighted by Crippen LogP contribution is 2.31. The fourth-order valence-electron chi connectivity index (χ4n) is 3.25. The van der Waals surface area contributed by atoms with Crippen molar-refractivity contribution < 1.29 is 31.1 Å². The number of nitrogens with zero attached hydrogens (tertiary/aromatic N) is 2. The highest BCUT2D eigenvalue weighted by molar-refractivity contribution is 7.89. The molecule has 0 aliphatic carbocycles. The van der Waals surface area contributed by atoms with Gasteiger partial charge in [-0.2, -0.15) is 17.5 Å². The lowest BCUT2D eigenvalue weighted by Crippen LogP contribution is -2.51. The Bertz CT molecular complexity index is 1030. The first-order chi connectivity index (χ1) is 14.6. The summed E-state index contributed by atoms with van der Waals surface area (Å²) >= 11 is 0. The molecule has 6 nitrogen and oxygen atoms in total. The molecule has 168 valence electrons. The van der Waals surface area contributed by atoms with Crippen LogP contribution in [0.2, 0.25) is 0 Å². The Hall–Kier alpha value is -2.59. The first kappa shape index (κ1) is 23.1. The predicted octanol–water partition coefficient (Wildman–Crippen LogP) is 3.18. The van der Waals surface area contributed by atoms with Crippen LogP contribution < -0.4 is 4.74 Å². The van der Waals surface area contributed by atoms with Crippen LogP contribution in [0.25, 0.3) is 0 Å². The second-order valence-corrected chi connectivity index (χ2v) is 9.04. The molecule has 2 aromatic rings. The summed E-state index contributed by atoms with van der Waals surface area (Å²) in [6, 6.07) is 11.1. The van der Waals surface area contributed by atoms with Gasteiger partial charge < -0.3 is 9.64 Å². The van der Waals surface area contributed by atoms with Crippen molar-refractivity contribution in [3.8, 4) is 5.75 Å². The van der Waals surface area contributed by atoms with Gasteiger partial charge in [-0.3, -0.25) is 4.79 Å². The van der Waals surface area contributed by atoms with Crippen LogP contribution >= 0.6 is 0 Å². The zero-order chi connectivity index (χ0) is 22.6. The molecule has 0 unspecified atom stereocenters. The van der Waals surface area contributed by atoms with E-state index >= 15 is 0 Å². The highest BCUT2D eigenvalue weighted by Gasteiger charge is 2.34. The van der Waals surface area contributed by atoms with E-state index in [1.54, 1.807) is 6.07 Å². The molecular formula is C21H23F3N2O4S. The van der Waals surface area contributed by atoms with Crippen LogP contribution in [-0.2, 0) is 27.4 Å². The minimum atomic E-state index is -4.63. The molecule has 3 rings (SSSR count). The zero-order valence-corrected chi connectivity index (χ0v) is 17.7. The summed E-state index contributed by atoms with van der Waals surface area (Å²) in [5, 5.41) is 0. The normalized spacial score (nSPS) is 15.7. The monoisotopic (exact) mass is 456 g/mol. The van der Waals surface area contributed by atoms with Gasteiger partial charge in [-0.25, -0.2) is 8.42 Å². The van der Waals surface area contributed by atoms with Crippen LogP contribution in [0.5, 0.6) is 5.75 Å². The van der Waals surface area contributed by atoms with Crippen molar-refractivity contribution in [2.24, 2.45) is 0 Å². The molecule has 1 saturated heterocycles. The number of benzene rings is 2. The van der Waals surface area contributed by atoms with Crippen molar-refractivity contribution in [1.29, 1.82) is 0 Å². The van der Waals surface area contributed by atoms with E-state index in [0.717, 1.165) is 34.5 Å². The Morgan fingerprint density at radius 1 is 1.03 bits per heavy atom. The fraction of sp³-hybridized carbons (Fsp3) is 0.381. The van der Waals surface area contributed by atoms with E-state index in [1.165, 1.54) is 4.90 Å². The van der Waals surface area contributed by atoms with Gasteiger partial charge in [-0.05, 0) is 42.3 Å². The lowest BCUT2D eigenvalue weighted by Gasteiger charge is -2.34. The molecular weight excluding hydrogens is 433 g/mol. The quantitative estimate of drug-likeness (QED) is 0.670. The van der Waals surface area contributed by atoms with Crippen molar-refractivity contribution in [2.45, 2.75) is 24.4 Å². The number of alkyl halides is 3. The lowest BCUT2D eigenvalue weighted by atomic mass is 10.2. The molecule has 2 aromatic carbocycles. The molecule has 0 atom stereocenters. The molecule has 0 spiro atoms. The number of rotatable bonds is 6. The van der Waals surface area contributed by atoms with Crippen LogP contribution in [0.4, 0.5) is 13.2 Å². The number of ether oxygens (including phenoxy) is 1. The van der Waals surface area contributed by atoms with Gasteiger partial charge in [0.2, 0.25) is 10.0 Å². The molecule has 1 fully saturated rings. The molecule has 0 N–H and O–H groups in total. The number of halogens is 3. The topological polar surface area (TPSA) is 66.9 Å². The smallest absolute Gasteiger partial charge is 0.416 e. The average Bonchev–Trinajstić information content (AvgIpc) is 2.77. The van der Waals surface area contributed by atoms with Crippen molar-refractivity contribution in [3.63, 3.8) is 0 Å². The van der Waals surface area contributed by atoms with Crippen molar-refractivity contribution in [3.05, 3.63) is 59.7 Å². The predicted molar refractivity (Wildman–Crippen MR) is 108 cm³/mol. The summed E-state index contributed by atoms with van der Waals surface area (Å²) in [6.45, 7) is 2.10. The van der Waals surface area contributed by atoms with E-state index in [-0.39, 0.29) is 38.7 Å². The van der Waals surface area contributed by atoms with Gasteiger partial charge in [0.05, 0.1) is 10.5 Å². The van der Waals surface area contributed by atoms with E-state index < -0.39 is 26.7 Å². The van der Waals surface area contributed by atoms with Crippen LogP contribution in [0, 0.1) is 0 Å². The van der Waals surface area contributed by atoms with Crippen LogP contribution in [0.15, 0.2) is 53.4 Å². The molecule has 1 heterocycles. The summed E-state index contributed by atoms with van der Waals surface area (Å²) in [6.07, 6.45) is -3.79. The SMILES string of the molecule is CCc1cccc(OCC(=O)N2CCN(S(=O)(=O)c3cccc(C(F)(F)F)c3)CC2)c1. The number of carbonyl (C=O) groups excluding carboxylic acids is 1. The molecule has 0 bridgehead atoms. The third kappa shape index (κ3) is 5.56. The molecule has 10 heteroatoms. The maximum absolute atomic E-state index is 12.9. The first-order valence-corrected chi connectivity index (χ1v) is 11.2. The molecule has 1 amide bonds. The van der Waals surface area contributed by atoms with Gasteiger partial charge in [-0.1, -0.05) is 25.1 Å². The molecule has 0 aromatic heterocycles. The second-order valence-electron chi connectivity index (χ2n) is 7.10. The number of aryl methyl sites for hydroxylation is 1. The molecule has 1 aliphatic heterocycles. The molecule has 31 heavy (non-hydrogen) atoms. The van der Waals surface area contributed by atoms with Gasteiger partial charge in [0.25, 0.3) is 5.91 Å². The van der Waals surface area contributed by atoms with Gasteiger partial charge in [-0.15, -0.1) is 0 Å². The van der Waals surface area contributed by atoms with Crippen molar-refractivity contribution >= 4 is 15.9 Å². The Morgan fingerprint density at radius 2 is 1.71 bits per heavy atom. The van der Waals surface area contributed by atoms with Gasteiger partial charge in [0.1, 0.15) is 5.75 Å². The third-order valence-corrected chi connectivity index (χ3v) is 6.95. The van der Waals surface area contributed by atoms with Gasteiger partial charge in [0.15, 0.2) is 6.61 Å². The third-order valence-electron chi connectivity index (χ3n) is 5.06. The van der Waals surface area contributed by atoms with E-state index in [2.05, 4.69) is 0 Å². The fourth-order valence-corrected chi connectivity index (χ4v) is 4.72. The summed E-state index contributed by atoms with van der Waals surface area (Å²) in [4.78, 5) is 13.5. The minimum Gasteiger partial charge on any atom is -0.484 e. The lowest BCUT2D eigenvalue weighted by molar-refractivity contribution is -0.138. The maximum Gasteiger partial charge on any atom is 0.416 e. The number of piperazine rings is 1. The van der Waals surface area contributed by atoms with E-state index in [4.69, 9.17) is 4.74 Å². The van der Waals surface area contributed by atoms with E-state index in [9.17, 15) is 26.4 Å². The van der Waals surface area contributed by atoms with Gasteiger partial charge in [0, 0.05) is 26.2 Å². The highest BCUT2D eigenvalue weighted by atomic mass is 32.2. The summed E-state index contributed by atoms with van der Waals surface area (Å²) in [5.41, 5.74) is 0.0602. The van der Waals surface area contributed by atoms with Crippen molar-refractivity contribution in [2.75, 3.05) is 32.8 Å². The first-order valence-electron chi connectivity index (χ1n) is 9.78. The standard InChI is InChI=1S/C21H23F3N2O4S/c1-2-16-5-3-7-18(13-16)30-15-20(27)25-9-11-26(12-10-25)31(28,29)19-8-4-6-17(14-19)21(22,23)24/h3-8,13-14H,2,9-12,15H2,1H3. The second kappa shape index (κ2) is 9.27. The Labute approximate surface area is 179 Å². The zero-order valence-electron chi connectivity index (χ0n) is 16.9. The van der Waals surface area contributed by atoms with Gasteiger partial charge >= 0.3 is 6.18 Å². The summed E-state index contributed by atoms with van der Waals surface area (Å²) in [7, 11) is -4.09. The van der Waals surface area contributed by atoms with Crippen molar-refractivity contribution in [1.82, 2.24) is 9.21 Å². The number of hydrogen-bond donors (Lipinski definition) is 0. The molecule has 1 aliphatic rings. The Balaban J connectivity index is 1.59. The average molecular weight is 456 g/mol. The Kier molecular flexibility index (Phi) is 6.90. The molecule has 0 radical (unpaired) electrons. The van der Waals surface area contributed by atoms with E-state index in [1.807, 2.05) is 25.1 Å². The van der Waals surface area contributed by atoms with E-state index in [0.29, 0.717) is 11.8 Å². The number of carbonyl (C=O) groups is 1. The van der Waals surface area contributed by atoms with Crippen LogP contribution in [0.1, 0.15) is 18.1 Å². The van der Waals surface area contributed by atoms with Crippen LogP contribution in [-0.4, -0.2) is 56.3 Å². The number of hydrogen-bond acceptors (Lipinski definition) is 4. The maximum atomic E-state index is 12.9. The summed E-state index contributed by atoms with van der Waals surface area (Å²) < 4.78 is 70.9. The Morgan fingerprint density at radius 3 is 2.35 bits per heavy atom. The largest absolute Gasteiger partial charge is 0.484 e. The van der Waals surface area contributed by atoms with Crippen LogP contribution in [0.3, 0.4) is 0 Å².